The normalized spacial score (nSPS) is 10.4. The van der Waals surface area contributed by atoms with E-state index in [1.54, 1.807) is 25.3 Å². The Balaban J connectivity index is 1.59. The summed E-state index contributed by atoms with van der Waals surface area (Å²) in [5, 5.41) is 17.2. The van der Waals surface area contributed by atoms with Crippen LogP contribution in [0.3, 0.4) is 0 Å². The second-order valence-electron chi connectivity index (χ2n) is 4.97. The molecule has 0 aliphatic rings. The summed E-state index contributed by atoms with van der Waals surface area (Å²) < 4.78 is 5.87. The second-order valence-corrected chi connectivity index (χ2v) is 6.82. The van der Waals surface area contributed by atoms with Crippen molar-refractivity contribution in [3.8, 4) is 17.0 Å². The van der Waals surface area contributed by atoms with Crippen molar-refractivity contribution in [1.82, 2.24) is 4.98 Å². The number of carbonyl (C=O) groups excluding carboxylic acids is 1. The third-order valence-electron chi connectivity index (χ3n) is 3.28. The molecule has 0 atom stereocenters. The molecule has 2 aromatic heterocycles. The average Bonchev–Trinajstić information content (AvgIpc) is 3.09. The van der Waals surface area contributed by atoms with Crippen LogP contribution in [0.1, 0.15) is 0 Å². The van der Waals surface area contributed by atoms with Gasteiger partial charge in [0.15, 0.2) is 11.3 Å². The van der Waals surface area contributed by atoms with Gasteiger partial charge in [-0.25, -0.2) is 4.98 Å². The van der Waals surface area contributed by atoms with Crippen molar-refractivity contribution in [3.05, 3.63) is 59.2 Å². The highest BCUT2D eigenvalue weighted by molar-refractivity contribution is 7.99. The summed E-state index contributed by atoms with van der Waals surface area (Å²) in [6.07, 6.45) is 1.40. The van der Waals surface area contributed by atoms with E-state index in [1.807, 2.05) is 29.6 Å². The summed E-state index contributed by atoms with van der Waals surface area (Å²) in [6.45, 7) is 0. The molecule has 0 aliphatic heterocycles. The van der Waals surface area contributed by atoms with Gasteiger partial charge in [-0.15, -0.1) is 11.3 Å². The third-order valence-corrected chi connectivity index (χ3v) is 5.05. The zero-order chi connectivity index (χ0) is 17.6. The molecule has 1 amide bonds. The van der Waals surface area contributed by atoms with E-state index in [2.05, 4.69) is 10.3 Å². The van der Waals surface area contributed by atoms with Crippen LogP contribution in [-0.2, 0) is 4.79 Å². The SMILES string of the molecule is COc1ccc(-c2csc(NC(=O)CSc3cccc[n+]3[O-])n2)cc1. The van der Waals surface area contributed by atoms with E-state index in [0.717, 1.165) is 21.7 Å². The zero-order valence-corrected chi connectivity index (χ0v) is 15.0. The Morgan fingerprint density at radius 3 is 2.84 bits per heavy atom. The number of thioether (sulfide) groups is 1. The predicted octanol–water partition coefficient (Wildman–Crippen LogP) is 3.18. The van der Waals surface area contributed by atoms with Gasteiger partial charge in [-0.05, 0) is 42.1 Å². The van der Waals surface area contributed by atoms with Crippen LogP contribution >= 0.6 is 23.1 Å². The number of aromatic nitrogens is 2. The first-order valence-corrected chi connectivity index (χ1v) is 9.23. The molecule has 0 unspecified atom stereocenters. The van der Waals surface area contributed by atoms with Crippen molar-refractivity contribution in [2.75, 3.05) is 18.2 Å². The molecule has 1 aromatic carbocycles. The van der Waals surface area contributed by atoms with Crippen molar-refractivity contribution < 1.29 is 14.3 Å². The lowest BCUT2D eigenvalue weighted by atomic mass is 10.2. The molecular weight excluding hydrogens is 358 g/mol. The number of anilines is 1. The molecule has 6 nitrogen and oxygen atoms in total. The summed E-state index contributed by atoms with van der Waals surface area (Å²) in [6, 6.07) is 12.6. The van der Waals surface area contributed by atoms with E-state index in [-0.39, 0.29) is 11.7 Å². The van der Waals surface area contributed by atoms with E-state index in [9.17, 15) is 10.0 Å². The highest BCUT2D eigenvalue weighted by Crippen LogP contribution is 2.26. The maximum atomic E-state index is 12.0. The second kappa shape index (κ2) is 8.00. The van der Waals surface area contributed by atoms with E-state index in [1.165, 1.54) is 29.3 Å². The molecule has 0 aliphatic carbocycles. The summed E-state index contributed by atoms with van der Waals surface area (Å²) in [4.78, 5) is 16.5. The summed E-state index contributed by atoms with van der Waals surface area (Å²) >= 11 is 2.54. The van der Waals surface area contributed by atoms with Gasteiger partial charge in [0.1, 0.15) is 5.75 Å². The molecule has 128 valence electrons. The summed E-state index contributed by atoms with van der Waals surface area (Å²) in [7, 11) is 1.62. The first kappa shape index (κ1) is 17.2. The van der Waals surface area contributed by atoms with Gasteiger partial charge in [0.05, 0.1) is 18.6 Å². The number of amides is 1. The van der Waals surface area contributed by atoms with Crippen LogP contribution in [0.5, 0.6) is 5.75 Å². The topological polar surface area (TPSA) is 78.2 Å². The van der Waals surface area contributed by atoms with Crippen LogP contribution in [0.25, 0.3) is 11.3 Å². The molecule has 0 bridgehead atoms. The number of pyridine rings is 1. The van der Waals surface area contributed by atoms with Crippen molar-refractivity contribution in [1.29, 1.82) is 0 Å². The molecule has 0 saturated carbocycles. The maximum Gasteiger partial charge on any atom is 0.251 e. The molecule has 0 radical (unpaired) electrons. The lowest BCUT2D eigenvalue weighted by molar-refractivity contribution is -0.645. The standard InChI is InChI=1S/C17H15N3O3S2/c1-23-13-7-5-12(6-8-13)14-10-25-17(18-14)19-15(21)11-24-16-4-2-3-9-20(16)22/h2-10H,11H2,1H3,(H,18,19,21). The molecule has 1 N–H and O–H groups in total. The Morgan fingerprint density at radius 2 is 2.12 bits per heavy atom. The van der Waals surface area contributed by atoms with Crippen molar-refractivity contribution >= 4 is 34.1 Å². The largest absolute Gasteiger partial charge is 0.618 e. The van der Waals surface area contributed by atoms with Gasteiger partial charge in [0, 0.05) is 23.1 Å². The highest BCUT2D eigenvalue weighted by atomic mass is 32.2. The summed E-state index contributed by atoms with van der Waals surface area (Å²) in [5.41, 5.74) is 1.74. The van der Waals surface area contributed by atoms with Crippen molar-refractivity contribution in [2.45, 2.75) is 5.03 Å². The van der Waals surface area contributed by atoms with Gasteiger partial charge in [-0.1, -0.05) is 0 Å². The number of hydrogen-bond acceptors (Lipinski definition) is 6. The number of carbonyl (C=O) groups is 1. The molecular formula is C17H15N3O3S2. The quantitative estimate of drug-likeness (QED) is 0.408. The molecule has 8 heteroatoms. The van der Waals surface area contributed by atoms with Crippen LogP contribution in [-0.4, -0.2) is 23.8 Å². The Morgan fingerprint density at radius 1 is 1.32 bits per heavy atom. The predicted molar refractivity (Wildman–Crippen MR) is 98.9 cm³/mol. The minimum absolute atomic E-state index is 0.143. The fraction of sp³-hybridized carbons (Fsp3) is 0.118. The minimum Gasteiger partial charge on any atom is -0.618 e. The molecule has 2 heterocycles. The number of nitrogens with one attached hydrogen (secondary N) is 1. The van der Waals surface area contributed by atoms with Crippen LogP contribution in [0, 0.1) is 5.21 Å². The monoisotopic (exact) mass is 373 g/mol. The first-order chi connectivity index (χ1) is 12.2. The fourth-order valence-electron chi connectivity index (χ4n) is 2.04. The van der Waals surface area contributed by atoms with Crippen LogP contribution < -0.4 is 14.8 Å². The molecule has 3 aromatic rings. The van der Waals surface area contributed by atoms with Crippen molar-refractivity contribution in [3.63, 3.8) is 0 Å². The van der Waals surface area contributed by atoms with Gasteiger partial charge in [-0.3, -0.25) is 4.79 Å². The number of hydrogen-bond donors (Lipinski definition) is 1. The summed E-state index contributed by atoms with van der Waals surface area (Å²) in [5.74, 6) is 0.717. The number of nitrogens with zero attached hydrogens (tertiary/aromatic N) is 2. The fourth-order valence-corrected chi connectivity index (χ4v) is 3.49. The van der Waals surface area contributed by atoms with Gasteiger partial charge in [0.25, 0.3) is 5.03 Å². The average molecular weight is 373 g/mol. The Labute approximate surface area is 153 Å². The van der Waals surface area contributed by atoms with Gasteiger partial charge < -0.3 is 15.3 Å². The van der Waals surface area contributed by atoms with Crippen LogP contribution in [0.15, 0.2) is 59.1 Å². The molecule has 25 heavy (non-hydrogen) atoms. The molecule has 0 fully saturated rings. The maximum absolute atomic E-state index is 12.0. The number of rotatable bonds is 6. The highest BCUT2D eigenvalue weighted by Gasteiger charge is 2.11. The van der Waals surface area contributed by atoms with Gasteiger partial charge in [0.2, 0.25) is 5.91 Å². The molecule has 0 spiro atoms. The minimum atomic E-state index is -0.204. The smallest absolute Gasteiger partial charge is 0.251 e. The zero-order valence-electron chi connectivity index (χ0n) is 13.3. The van der Waals surface area contributed by atoms with Crippen LogP contribution in [0.2, 0.25) is 0 Å². The first-order valence-electron chi connectivity index (χ1n) is 7.36. The van der Waals surface area contributed by atoms with E-state index in [0.29, 0.717) is 10.2 Å². The van der Waals surface area contributed by atoms with E-state index < -0.39 is 0 Å². The van der Waals surface area contributed by atoms with Crippen molar-refractivity contribution in [2.24, 2.45) is 0 Å². The Bertz CT molecular complexity index is 866. The lowest BCUT2D eigenvalue weighted by Crippen LogP contribution is -2.28. The van der Waals surface area contributed by atoms with Crippen LogP contribution in [0.4, 0.5) is 5.13 Å². The van der Waals surface area contributed by atoms with E-state index in [4.69, 9.17) is 4.74 Å². The number of thiazole rings is 1. The lowest BCUT2D eigenvalue weighted by Gasteiger charge is -2.03. The van der Waals surface area contributed by atoms with E-state index >= 15 is 0 Å². The Hall–Kier alpha value is -2.58. The number of methoxy groups -OCH3 is 1. The molecule has 0 saturated heterocycles. The third kappa shape index (κ3) is 4.49. The molecule has 3 rings (SSSR count). The number of ether oxygens (including phenoxy) is 1. The van der Waals surface area contributed by atoms with Gasteiger partial charge >= 0.3 is 0 Å². The number of benzene rings is 1. The van der Waals surface area contributed by atoms with Gasteiger partial charge in [-0.2, -0.15) is 4.73 Å². The Kier molecular flexibility index (Phi) is 5.52.